The summed E-state index contributed by atoms with van der Waals surface area (Å²) in [6.07, 6.45) is 2.50. The van der Waals surface area contributed by atoms with Crippen molar-refractivity contribution in [2.24, 2.45) is 11.8 Å². The largest absolute Gasteiger partial charge is 0.392 e. The number of rotatable bonds is 4. The fourth-order valence-corrected chi connectivity index (χ4v) is 4.17. The molecular weight excluding hydrogens is 290 g/mol. The van der Waals surface area contributed by atoms with Crippen molar-refractivity contribution in [1.82, 2.24) is 4.90 Å². The number of benzene rings is 1. The standard InChI is InChI=1S/C19H27NO3/c1-12(2)5-14-9-20-4-3-13-6-15(10-21)16(11-22)7-17(13)18(20)8-19(14)23/h6-7,12,14,18,21-22H,3-5,8-11H2,1-2H3. The molecule has 3 rings (SSSR count). The predicted octanol–water partition coefficient (Wildman–Crippen LogP) is 2.21. The monoisotopic (exact) mass is 317 g/mol. The van der Waals surface area contributed by atoms with Crippen LogP contribution in [0, 0.1) is 11.8 Å². The van der Waals surface area contributed by atoms with Gasteiger partial charge in [0.15, 0.2) is 0 Å². The van der Waals surface area contributed by atoms with Gasteiger partial charge >= 0.3 is 0 Å². The highest BCUT2D eigenvalue weighted by molar-refractivity contribution is 5.83. The van der Waals surface area contributed by atoms with Gasteiger partial charge in [-0.2, -0.15) is 0 Å². The second-order valence-electron chi connectivity index (χ2n) is 7.39. The van der Waals surface area contributed by atoms with Crippen LogP contribution in [0.15, 0.2) is 12.1 Å². The molecule has 1 saturated heterocycles. The molecule has 126 valence electrons. The number of hydrogen-bond acceptors (Lipinski definition) is 4. The van der Waals surface area contributed by atoms with Crippen molar-refractivity contribution < 1.29 is 15.0 Å². The maximum absolute atomic E-state index is 12.6. The highest BCUT2D eigenvalue weighted by Gasteiger charge is 2.38. The van der Waals surface area contributed by atoms with E-state index in [4.69, 9.17) is 0 Å². The predicted molar refractivity (Wildman–Crippen MR) is 88.9 cm³/mol. The molecular formula is C19H27NO3. The molecule has 2 N–H and O–H groups in total. The second-order valence-corrected chi connectivity index (χ2v) is 7.39. The summed E-state index contributed by atoms with van der Waals surface area (Å²) in [4.78, 5) is 15.0. The van der Waals surface area contributed by atoms with Crippen LogP contribution in [0.25, 0.3) is 0 Å². The summed E-state index contributed by atoms with van der Waals surface area (Å²) >= 11 is 0. The van der Waals surface area contributed by atoms with E-state index in [0.717, 1.165) is 37.1 Å². The third-order valence-electron chi connectivity index (χ3n) is 5.33. The average molecular weight is 317 g/mol. The second kappa shape index (κ2) is 6.71. The molecule has 4 heteroatoms. The van der Waals surface area contributed by atoms with Gasteiger partial charge in [0, 0.05) is 31.5 Å². The Hall–Kier alpha value is -1.23. The third-order valence-corrected chi connectivity index (χ3v) is 5.33. The number of ketones is 1. The molecule has 0 aliphatic carbocycles. The quantitative estimate of drug-likeness (QED) is 0.894. The van der Waals surface area contributed by atoms with Crippen LogP contribution in [0.2, 0.25) is 0 Å². The molecule has 0 aromatic heterocycles. The smallest absolute Gasteiger partial charge is 0.139 e. The molecule has 0 radical (unpaired) electrons. The van der Waals surface area contributed by atoms with Crippen molar-refractivity contribution in [2.45, 2.75) is 52.4 Å². The van der Waals surface area contributed by atoms with E-state index in [2.05, 4.69) is 18.7 Å². The van der Waals surface area contributed by atoms with Crippen molar-refractivity contribution >= 4 is 5.78 Å². The molecule has 2 aliphatic heterocycles. The normalized spacial score (nSPS) is 24.7. The highest BCUT2D eigenvalue weighted by atomic mass is 16.3. The first-order valence-electron chi connectivity index (χ1n) is 8.66. The fourth-order valence-electron chi connectivity index (χ4n) is 4.17. The molecule has 2 aliphatic rings. The summed E-state index contributed by atoms with van der Waals surface area (Å²) in [6, 6.07) is 4.17. The summed E-state index contributed by atoms with van der Waals surface area (Å²) in [5.74, 6) is 1.09. The Bertz CT molecular complexity index is 597. The zero-order valence-electron chi connectivity index (χ0n) is 14.1. The summed E-state index contributed by atoms with van der Waals surface area (Å²) in [5, 5.41) is 19.0. The molecule has 23 heavy (non-hydrogen) atoms. The van der Waals surface area contributed by atoms with E-state index in [1.54, 1.807) is 0 Å². The van der Waals surface area contributed by atoms with Crippen molar-refractivity contribution in [3.63, 3.8) is 0 Å². The van der Waals surface area contributed by atoms with Crippen LogP contribution in [0.5, 0.6) is 0 Å². The Morgan fingerprint density at radius 3 is 2.57 bits per heavy atom. The van der Waals surface area contributed by atoms with Crippen LogP contribution in [0.3, 0.4) is 0 Å². The van der Waals surface area contributed by atoms with Crippen LogP contribution in [0.4, 0.5) is 0 Å². The first-order chi connectivity index (χ1) is 11.0. The summed E-state index contributed by atoms with van der Waals surface area (Å²) in [7, 11) is 0. The molecule has 0 bridgehead atoms. The number of nitrogens with zero attached hydrogens (tertiary/aromatic N) is 1. The van der Waals surface area contributed by atoms with Gasteiger partial charge in [0.2, 0.25) is 0 Å². The van der Waals surface area contributed by atoms with Gasteiger partial charge in [-0.25, -0.2) is 0 Å². The van der Waals surface area contributed by atoms with Gasteiger partial charge in [0.25, 0.3) is 0 Å². The molecule has 2 unspecified atom stereocenters. The number of aliphatic hydroxyl groups excluding tert-OH is 2. The van der Waals surface area contributed by atoms with Gasteiger partial charge < -0.3 is 10.2 Å². The molecule has 1 aromatic rings. The molecule has 2 atom stereocenters. The lowest BCUT2D eigenvalue weighted by molar-refractivity contribution is -0.129. The first kappa shape index (κ1) is 16.6. The molecule has 4 nitrogen and oxygen atoms in total. The molecule has 0 spiro atoms. The van der Waals surface area contributed by atoms with Crippen molar-refractivity contribution in [2.75, 3.05) is 13.1 Å². The Balaban J connectivity index is 1.89. The Morgan fingerprint density at radius 1 is 1.22 bits per heavy atom. The van der Waals surface area contributed by atoms with Crippen LogP contribution in [0.1, 0.15) is 55.0 Å². The highest BCUT2D eigenvalue weighted by Crippen LogP contribution is 2.39. The lowest BCUT2D eigenvalue weighted by Crippen LogP contribution is -2.46. The van der Waals surface area contributed by atoms with Gasteiger partial charge in [-0.3, -0.25) is 9.69 Å². The number of carbonyl (C=O) groups excluding carboxylic acids is 1. The molecule has 0 saturated carbocycles. The lowest BCUT2D eigenvalue weighted by atomic mass is 9.79. The van der Waals surface area contributed by atoms with E-state index in [9.17, 15) is 15.0 Å². The molecule has 2 heterocycles. The SMILES string of the molecule is CC(C)CC1CN2CCc3cc(CO)c(CO)cc3C2CC1=O. The molecule has 1 aromatic carbocycles. The van der Waals surface area contributed by atoms with Gasteiger partial charge in [-0.1, -0.05) is 26.0 Å². The van der Waals surface area contributed by atoms with Crippen LogP contribution < -0.4 is 0 Å². The maximum Gasteiger partial charge on any atom is 0.139 e. The van der Waals surface area contributed by atoms with Gasteiger partial charge in [-0.15, -0.1) is 0 Å². The summed E-state index contributed by atoms with van der Waals surface area (Å²) in [5.41, 5.74) is 3.99. The zero-order valence-corrected chi connectivity index (χ0v) is 14.1. The number of Topliss-reactive ketones (excluding diaryl/α,β-unsaturated/α-hetero) is 1. The zero-order chi connectivity index (χ0) is 16.6. The maximum atomic E-state index is 12.6. The number of hydrogen-bond donors (Lipinski definition) is 2. The van der Waals surface area contributed by atoms with Gasteiger partial charge in [0.1, 0.15) is 5.78 Å². The average Bonchev–Trinajstić information content (AvgIpc) is 2.53. The summed E-state index contributed by atoms with van der Waals surface area (Å²) in [6.45, 7) is 6.07. The Labute approximate surface area is 138 Å². The third kappa shape index (κ3) is 3.21. The van der Waals surface area contributed by atoms with Crippen LogP contribution in [-0.2, 0) is 24.4 Å². The molecule has 0 amide bonds. The van der Waals surface area contributed by atoms with E-state index in [-0.39, 0.29) is 25.2 Å². The van der Waals surface area contributed by atoms with Crippen molar-refractivity contribution in [3.8, 4) is 0 Å². The van der Waals surface area contributed by atoms with E-state index in [1.165, 1.54) is 11.1 Å². The van der Waals surface area contributed by atoms with Crippen LogP contribution in [-0.4, -0.2) is 34.0 Å². The fraction of sp³-hybridized carbons (Fsp3) is 0.632. The van der Waals surface area contributed by atoms with E-state index < -0.39 is 0 Å². The van der Waals surface area contributed by atoms with Gasteiger partial charge in [-0.05, 0) is 41.0 Å². The molecule has 1 fully saturated rings. The number of carbonyl (C=O) groups is 1. The van der Waals surface area contributed by atoms with Crippen molar-refractivity contribution in [3.05, 3.63) is 34.4 Å². The lowest BCUT2D eigenvalue weighted by Gasteiger charge is -2.43. The minimum absolute atomic E-state index is 0.0487. The first-order valence-corrected chi connectivity index (χ1v) is 8.66. The van der Waals surface area contributed by atoms with E-state index in [1.807, 2.05) is 12.1 Å². The number of aliphatic hydroxyl groups is 2. The summed E-state index contributed by atoms with van der Waals surface area (Å²) < 4.78 is 0. The topological polar surface area (TPSA) is 60.8 Å². The van der Waals surface area contributed by atoms with Crippen LogP contribution >= 0.6 is 0 Å². The van der Waals surface area contributed by atoms with Crippen molar-refractivity contribution in [1.29, 1.82) is 0 Å². The number of fused-ring (bicyclic) bond motifs is 3. The van der Waals surface area contributed by atoms with Gasteiger partial charge in [0.05, 0.1) is 13.2 Å². The Kier molecular flexibility index (Phi) is 4.85. The van der Waals surface area contributed by atoms with E-state index >= 15 is 0 Å². The number of piperidine rings is 1. The minimum Gasteiger partial charge on any atom is -0.392 e. The minimum atomic E-state index is -0.0696. The van der Waals surface area contributed by atoms with E-state index in [0.29, 0.717) is 18.1 Å². The Morgan fingerprint density at radius 2 is 1.91 bits per heavy atom.